The third-order valence-electron chi connectivity index (χ3n) is 2.38. The quantitative estimate of drug-likeness (QED) is 0.383. The number of hydrogen-bond acceptors (Lipinski definition) is 7. The van der Waals surface area contributed by atoms with Crippen molar-refractivity contribution < 1.29 is 29.6 Å². The van der Waals surface area contributed by atoms with Gasteiger partial charge in [0.1, 0.15) is 0 Å². The van der Waals surface area contributed by atoms with E-state index in [0.29, 0.717) is 32.5 Å². The summed E-state index contributed by atoms with van der Waals surface area (Å²) in [6.45, 7) is 5.49. The average molecular weight is 307 g/mol. The molecule has 0 aromatic rings. The van der Waals surface area contributed by atoms with Crippen LogP contribution >= 0.6 is 0 Å². The Morgan fingerprint density at radius 2 is 1.14 bits per heavy atom. The summed E-state index contributed by atoms with van der Waals surface area (Å²) in [5.74, 6) is -0.822. The highest BCUT2D eigenvalue weighted by Gasteiger charge is 2.07. The predicted octanol–water partition coefficient (Wildman–Crippen LogP) is -0.0783. The molecule has 0 saturated carbocycles. The second kappa shape index (κ2) is 17.0. The molecule has 0 bridgehead atoms. The van der Waals surface area contributed by atoms with E-state index in [9.17, 15) is 9.59 Å². The summed E-state index contributed by atoms with van der Waals surface area (Å²) >= 11 is 0. The molecule has 0 rings (SSSR count). The lowest BCUT2D eigenvalue weighted by atomic mass is 10.3. The summed E-state index contributed by atoms with van der Waals surface area (Å²) in [7, 11) is 0. The van der Waals surface area contributed by atoms with Crippen LogP contribution in [0.15, 0.2) is 0 Å². The lowest BCUT2D eigenvalue weighted by molar-refractivity contribution is -0.159. The summed E-state index contributed by atoms with van der Waals surface area (Å²) in [5, 5.41) is 25.5. The van der Waals surface area contributed by atoms with E-state index in [-0.39, 0.29) is 19.8 Å². The van der Waals surface area contributed by atoms with Crippen LogP contribution in [-0.2, 0) is 14.3 Å². The van der Waals surface area contributed by atoms with Gasteiger partial charge in [0, 0.05) is 32.5 Å². The second-order valence-electron chi connectivity index (χ2n) is 4.36. The number of aliphatic hydroxyl groups is 3. The van der Waals surface area contributed by atoms with E-state index in [2.05, 4.69) is 4.74 Å². The van der Waals surface area contributed by atoms with Gasteiger partial charge in [-0.2, -0.15) is 0 Å². The average Bonchev–Trinajstić information content (AvgIpc) is 2.40. The molecular formula is C14H29NO6. The largest absolute Gasteiger partial charge is 0.395 e. The molecule has 126 valence electrons. The first-order chi connectivity index (χ1) is 10.0. The number of hydrogen-bond donors (Lipinski definition) is 3. The van der Waals surface area contributed by atoms with E-state index in [1.807, 2.05) is 13.8 Å². The van der Waals surface area contributed by atoms with E-state index in [4.69, 9.17) is 15.3 Å². The number of ether oxygens (including phenoxy) is 1. The number of esters is 2. The maximum absolute atomic E-state index is 10.7. The van der Waals surface area contributed by atoms with Crippen molar-refractivity contribution in [1.82, 2.24) is 4.90 Å². The molecule has 0 fully saturated rings. The standard InChI is InChI=1S/C8H14O3.C6H15NO3/c1-3-5-7(9)11-8(10)6-4-2;8-4-1-7(2-5-9)3-6-10/h3-6H2,1-2H3;8-10H,1-6H2. The van der Waals surface area contributed by atoms with Crippen molar-refractivity contribution in [3.63, 3.8) is 0 Å². The SMILES string of the molecule is CCCC(=O)OC(=O)CCC.OCCN(CCO)CCO. The van der Waals surface area contributed by atoms with Crippen molar-refractivity contribution in [2.45, 2.75) is 39.5 Å². The summed E-state index contributed by atoms with van der Waals surface area (Å²) in [4.78, 5) is 23.2. The zero-order chi connectivity index (χ0) is 16.5. The van der Waals surface area contributed by atoms with E-state index in [1.165, 1.54) is 0 Å². The van der Waals surface area contributed by atoms with Crippen molar-refractivity contribution in [2.24, 2.45) is 0 Å². The smallest absolute Gasteiger partial charge is 0.313 e. The van der Waals surface area contributed by atoms with Crippen molar-refractivity contribution in [1.29, 1.82) is 0 Å². The number of nitrogens with zero attached hydrogens (tertiary/aromatic N) is 1. The molecule has 0 aliphatic rings. The third kappa shape index (κ3) is 16.9. The first-order valence-electron chi connectivity index (χ1n) is 7.34. The normalized spacial score (nSPS) is 10.0. The van der Waals surface area contributed by atoms with Crippen molar-refractivity contribution in [2.75, 3.05) is 39.5 Å². The van der Waals surface area contributed by atoms with Crippen LogP contribution in [0.1, 0.15) is 39.5 Å². The van der Waals surface area contributed by atoms with Gasteiger partial charge in [0.2, 0.25) is 0 Å². The van der Waals surface area contributed by atoms with Gasteiger partial charge in [-0.15, -0.1) is 0 Å². The zero-order valence-corrected chi connectivity index (χ0v) is 13.1. The topological polar surface area (TPSA) is 107 Å². The summed E-state index contributed by atoms with van der Waals surface area (Å²) in [5.41, 5.74) is 0. The van der Waals surface area contributed by atoms with Crippen molar-refractivity contribution >= 4 is 11.9 Å². The van der Waals surface area contributed by atoms with Crippen LogP contribution in [0.25, 0.3) is 0 Å². The molecule has 7 nitrogen and oxygen atoms in total. The molecule has 0 amide bonds. The van der Waals surface area contributed by atoms with Crippen LogP contribution in [-0.4, -0.2) is 71.6 Å². The van der Waals surface area contributed by atoms with Gasteiger partial charge >= 0.3 is 11.9 Å². The number of rotatable bonds is 10. The Hall–Kier alpha value is -1.02. The van der Waals surface area contributed by atoms with Gasteiger partial charge in [-0.05, 0) is 12.8 Å². The van der Waals surface area contributed by atoms with Gasteiger partial charge in [-0.1, -0.05) is 13.8 Å². The van der Waals surface area contributed by atoms with Gasteiger partial charge in [0.05, 0.1) is 19.8 Å². The van der Waals surface area contributed by atoms with Gasteiger partial charge in [-0.3, -0.25) is 14.5 Å². The predicted molar refractivity (Wildman–Crippen MR) is 78.6 cm³/mol. The molecule has 0 aromatic carbocycles. The van der Waals surface area contributed by atoms with E-state index < -0.39 is 11.9 Å². The summed E-state index contributed by atoms with van der Waals surface area (Å²) in [6, 6.07) is 0. The molecule has 0 aliphatic carbocycles. The highest BCUT2D eigenvalue weighted by Crippen LogP contribution is 1.96. The fourth-order valence-corrected chi connectivity index (χ4v) is 1.40. The van der Waals surface area contributed by atoms with Gasteiger partial charge in [-0.25, -0.2) is 0 Å². The van der Waals surface area contributed by atoms with E-state index in [0.717, 1.165) is 12.8 Å². The van der Waals surface area contributed by atoms with Gasteiger partial charge in [0.25, 0.3) is 0 Å². The van der Waals surface area contributed by atoms with Crippen LogP contribution in [0.4, 0.5) is 0 Å². The molecule has 7 heteroatoms. The number of carbonyl (C=O) groups excluding carboxylic acids is 2. The van der Waals surface area contributed by atoms with Crippen LogP contribution in [0.5, 0.6) is 0 Å². The van der Waals surface area contributed by atoms with Crippen LogP contribution in [0, 0.1) is 0 Å². The zero-order valence-electron chi connectivity index (χ0n) is 13.1. The minimum absolute atomic E-state index is 0.0694. The fourth-order valence-electron chi connectivity index (χ4n) is 1.40. The Balaban J connectivity index is 0. The summed E-state index contributed by atoms with van der Waals surface area (Å²) in [6.07, 6.45) is 2.10. The molecule has 0 saturated heterocycles. The number of aliphatic hydroxyl groups excluding tert-OH is 3. The molecule has 0 aromatic heterocycles. The molecule has 0 atom stereocenters. The molecule has 0 spiro atoms. The van der Waals surface area contributed by atoms with Crippen LogP contribution in [0.2, 0.25) is 0 Å². The lowest BCUT2D eigenvalue weighted by Gasteiger charge is -2.17. The molecule has 0 aliphatic heterocycles. The lowest BCUT2D eigenvalue weighted by Crippen LogP contribution is -2.32. The first kappa shape index (κ1) is 22.3. The minimum atomic E-state index is -0.411. The minimum Gasteiger partial charge on any atom is -0.395 e. The van der Waals surface area contributed by atoms with Gasteiger partial charge in [0.15, 0.2) is 0 Å². The number of carbonyl (C=O) groups is 2. The Labute approximate surface area is 126 Å². The highest BCUT2D eigenvalue weighted by molar-refractivity contribution is 5.85. The molecule has 21 heavy (non-hydrogen) atoms. The third-order valence-corrected chi connectivity index (χ3v) is 2.38. The van der Waals surface area contributed by atoms with E-state index in [1.54, 1.807) is 4.90 Å². The summed E-state index contributed by atoms with van der Waals surface area (Å²) < 4.78 is 4.45. The second-order valence-corrected chi connectivity index (χ2v) is 4.36. The first-order valence-corrected chi connectivity index (χ1v) is 7.34. The van der Waals surface area contributed by atoms with Crippen molar-refractivity contribution in [3.05, 3.63) is 0 Å². The Bertz CT molecular complexity index is 230. The molecule has 0 heterocycles. The molecular weight excluding hydrogens is 278 g/mol. The fraction of sp³-hybridized carbons (Fsp3) is 0.857. The molecule has 0 radical (unpaired) electrons. The monoisotopic (exact) mass is 307 g/mol. The molecule has 3 N–H and O–H groups in total. The van der Waals surface area contributed by atoms with E-state index >= 15 is 0 Å². The Morgan fingerprint density at radius 3 is 1.38 bits per heavy atom. The molecule has 0 unspecified atom stereocenters. The van der Waals surface area contributed by atoms with Crippen LogP contribution < -0.4 is 0 Å². The van der Waals surface area contributed by atoms with Crippen LogP contribution in [0.3, 0.4) is 0 Å². The highest BCUT2D eigenvalue weighted by atomic mass is 16.6. The Kier molecular flexibility index (Phi) is 18.1. The maximum Gasteiger partial charge on any atom is 0.313 e. The maximum atomic E-state index is 10.7. The van der Waals surface area contributed by atoms with Crippen molar-refractivity contribution in [3.8, 4) is 0 Å². The Morgan fingerprint density at radius 1 is 0.810 bits per heavy atom. The van der Waals surface area contributed by atoms with Gasteiger partial charge < -0.3 is 20.1 Å².